The second-order valence-electron chi connectivity index (χ2n) is 5.73. The zero-order valence-corrected chi connectivity index (χ0v) is 14.9. The van der Waals surface area contributed by atoms with Crippen molar-refractivity contribution in [2.45, 2.75) is 33.9 Å². The SMILES string of the molecule is COc1cc(CNC(=O)c2[nH]c(C)c(C(C)=O)c2C)ccc1OC(F)F. The molecular formula is C18H20F2N2O4. The number of Topliss-reactive ketones (excluding diaryl/α,β-unsaturated/α-hetero) is 1. The Kier molecular flexibility index (Phi) is 5.97. The van der Waals surface area contributed by atoms with Crippen molar-refractivity contribution in [3.63, 3.8) is 0 Å². The summed E-state index contributed by atoms with van der Waals surface area (Å²) < 4.78 is 34.1. The van der Waals surface area contributed by atoms with Gasteiger partial charge in [0.05, 0.1) is 7.11 Å². The Morgan fingerprint density at radius 3 is 2.46 bits per heavy atom. The van der Waals surface area contributed by atoms with Gasteiger partial charge in [0.15, 0.2) is 17.3 Å². The molecule has 1 aromatic carbocycles. The van der Waals surface area contributed by atoms with Crippen molar-refractivity contribution < 1.29 is 27.8 Å². The van der Waals surface area contributed by atoms with E-state index >= 15 is 0 Å². The average molecular weight is 366 g/mol. The Labute approximate surface area is 149 Å². The molecule has 8 heteroatoms. The largest absolute Gasteiger partial charge is 0.493 e. The number of ketones is 1. The van der Waals surface area contributed by atoms with E-state index in [9.17, 15) is 18.4 Å². The molecule has 0 saturated carbocycles. The van der Waals surface area contributed by atoms with Crippen molar-refractivity contribution in [3.8, 4) is 11.5 Å². The first-order valence-corrected chi connectivity index (χ1v) is 7.84. The van der Waals surface area contributed by atoms with Gasteiger partial charge in [-0.25, -0.2) is 0 Å². The Bertz CT molecular complexity index is 831. The summed E-state index contributed by atoms with van der Waals surface area (Å²) in [6.45, 7) is 2.07. The number of carbonyl (C=O) groups is 2. The molecule has 2 rings (SSSR count). The number of halogens is 2. The minimum Gasteiger partial charge on any atom is -0.493 e. The zero-order chi connectivity index (χ0) is 19.4. The first kappa shape index (κ1) is 19.4. The molecule has 6 nitrogen and oxygen atoms in total. The summed E-state index contributed by atoms with van der Waals surface area (Å²) >= 11 is 0. The van der Waals surface area contributed by atoms with Gasteiger partial charge >= 0.3 is 6.61 Å². The van der Waals surface area contributed by atoms with Crippen molar-refractivity contribution in [3.05, 3.63) is 46.3 Å². The van der Waals surface area contributed by atoms with Gasteiger partial charge < -0.3 is 19.8 Å². The highest BCUT2D eigenvalue weighted by Gasteiger charge is 2.19. The number of aromatic amines is 1. The Balaban J connectivity index is 2.13. The van der Waals surface area contributed by atoms with Gasteiger partial charge in [0.2, 0.25) is 0 Å². The first-order valence-electron chi connectivity index (χ1n) is 7.84. The lowest BCUT2D eigenvalue weighted by Gasteiger charge is -2.12. The van der Waals surface area contributed by atoms with E-state index < -0.39 is 6.61 Å². The second-order valence-corrected chi connectivity index (χ2v) is 5.73. The summed E-state index contributed by atoms with van der Waals surface area (Å²) in [4.78, 5) is 27.0. The summed E-state index contributed by atoms with van der Waals surface area (Å²) in [5, 5.41) is 2.72. The van der Waals surface area contributed by atoms with Gasteiger partial charge in [0.25, 0.3) is 5.91 Å². The molecule has 26 heavy (non-hydrogen) atoms. The number of H-pyrrole nitrogens is 1. The van der Waals surface area contributed by atoms with E-state index in [0.717, 1.165) is 0 Å². The number of amides is 1. The predicted molar refractivity (Wildman–Crippen MR) is 91.1 cm³/mol. The Morgan fingerprint density at radius 1 is 1.23 bits per heavy atom. The van der Waals surface area contributed by atoms with Gasteiger partial charge in [0, 0.05) is 17.8 Å². The van der Waals surface area contributed by atoms with Crippen LogP contribution in [-0.4, -0.2) is 30.4 Å². The third kappa shape index (κ3) is 4.19. The lowest BCUT2D eigenvalue weighted by Crippen LogP contribution is -2.24. The number of ether oxygens (including phenoxy) is 2. The van der Waals surface area contributed by atoms with E-state index in [-0.39, 0.29) is 29.7 Å². The molecule has 0 aliphatic rings. The fourth-order valence-electron chi connectivity index (χ4n) is 2.79. The van der Waals surface area contributed by atoms with Gasteiger partial charge in [-0.05, 0) is 44.0 Å². The van der Waals surface area contributed by atoms with E-state index in [2.05, 4.69) is 15.0 Å². The van der Waals surface area contributed by atoms with E-state index in [1.807, 2.05) is 0 Å². The van der Waals surface area contributed by atoms with Crippen LogP contribution in [0.15, 0.2) is 18.2 Å². The van der Waals surface area contributed by atoms with Crippen molar-refractivity contribution in [2.75, 3.05) is 7.11 Å². The normalized spacial score (nSPS) is 10.7. The zero-order valence-electron chi connectivity index (χ0n) is 14.9. The van der Waals surface area contributed by atoms with E-state index in [0.29, 0.717) is 28.1 Å². The number of methoxy groups -OCH3 is 1. The van der Waals surface area contributed by atoms with Crippen LogP contribution >= 0.6 is 0 Å². The number of hydrogen-bond acceptors (Lipinski definition) is 4. The van der Waals surface area contributed by atoms with Gasteiger partial charge in [-0.3, -0.25) is 9.59 Å². The van der Waals surface area contributed by atoms with E-state index in [1.165, 1.54) is 26.2 Å². The van der Waals surface area contributed by atoms with Crippen LogP contribution in [0.5, 0.6) is 11.5 Å². The summed E-state index contributed by atoms with van der Waals surface area (Å²) in [5.74, 6) is -0.429. The molecule has 1 heterocycles. The van der Waals surface area contributed by atoms with E-state index in [1.54, 1.807) is 19.9 Å². The fourth-order valence-corrected chi connectivity index (χ4v) is 2.79. The van der Waals surface area contributed by atoms with Crippen LogP contribution in [0, 0.1) is 13.8 Å². The Morgan fingerprint density at radius 2 is 1.92 bits per heavy atom. The quantitative estimate of drug-likeness (QED) is 0.736. The molecule has 1 amide bonds. The lowest BCUT2D eigenvalue weighted by atomic mass is 10.1. The average Bonchev–Trinajstić information content (AvgIpc) is 2.87. The van der Waals surface area contributed by atoms with Crippen molar-refractivity contribution in [2.24, 2.45) is 0 Å². The maximum absolute atomic E-state index is 12.4. The van der Waals surface area contributed by atoms with Crippen LogP contribution in [-0.2, 0) is 6.54 Å². The standard InChI is InChI=1S/C18H20F2N2O4/c1-9-15(11(3)23)10(2)22-16(9)17(24)21-8-12-5-6-13(26-18(19)20)14(7-12)25-4/h5-7,18,22H,8H2,1-4H3,(H,21,24). The molecule has 0 fully saturated rings. The molecule has 2 aromatic rings. The summed E-state index contributed by atoms with van der Waals surface area (Å²) in [5.41, 5.74) is 2.69. The molecule has 1 aromatic heterocycles. The van der Waals surface area contributed by atoms with Crippen LogP contribution < -0.4 is 14.8 Å². The maximum atomic E-state index is 12.4. The summed E-state index contributed by atoms with van der Waals surface area (Å²) in [7, 11) is 1.34. The van der Waals surface area contributed by atoms with Gasteiger partial charge in [0.1, 0.15) is 5.69 Å². The first-order chi connectivity index (χ1) is 12.2. The summed E-state index contributed by atoms with van der Waals surface area (Å²) in [6.07, 6.45) is 0. The van der Waals surface area contributed by atoms with Crippen molar-refractivity contribution in [1.29, 1.82) is 0 Å². The third-order valence-corrected chi connectivity index (χ3v) is 3.91. The highest BCUT2D eigenvalue weighted by Crippen LogP contribution is 2.29. The van der Waals surface area contributed by atoms with Crippen LogP contribution in [0.4, 0.5) is 8.78 Å². The molecule has 0 atom stereocenters. The van der Waals surface area contributed by atoms with Gasteiger partial charge in [-0.2, -0.15) is 8.78 Å². The molecule has 2 N–H and O–H groups in total. The molecule has 0 unspecified atom stereocenters. The van der Waals surface area contributed by atoms with Gasteiger partial charge in [-0.1, -0.05) is 6.07 Å². The van der Waals surface area contributed by atoms with Crippen LogP contribution in [0.1, 0.15) is 44.6 Å². The summed E-state index contributed by atoms with van der Waals surface area (Å²) in [6, 6.07) is 4.41. The lowest BCUT2D eigenvalue weighted by molar-refractivity contribution is -0.0512. The minimum atomic E-state index is -2.95. The molecule has 0 aliphatic heterocycles. The number of hydrogen-bond donors (Lipinski definition) is 2. The molecule has 0 bridgehead atoms. The minimum absolute atomic E-state index is 0.0838. The van der Waals surface area contributed by atoms with Gasteiger partial charge in [-0.15, -0.1) is 0 Å². The number of benzene rings is 1. The monoisotopic (exact) mass is 366 g/mol. The predicted octanol–water partition coefficient (Wildman–Crippen LogP) is 3.37. The van der Waals surface area contributed by atoms with Crippen LogP contribution in [0.3, 0.4) is 0 Å². The fraction of sp³-hybridized carbons (Fsp3) is 0.333. The van der Waals surface area contributed by atoms with E-state index in [4.69, 9.17) is 4.74 Å². The molecule has 140 valence electrons. The van der Waals surface area contributed by atoms with Crippen molar-refractivity contribution in [1.82, 2.24) is 10.3 Å². The molecule has 0 saturated heterocycles. The highest BCUT2D eigenvalue weighted by atomic mass is 19.3. The number of carbonyl (C=O) groups excluding carboxylic acids is 2. The highest BCUT2D eigenvalue weighted by molar-refractivity contribution is 6.02. The number of aromatic nitrogens is 1. The smallest absolute Gasteiger partial charge is 0.387 e. The molecule has 0 radical (unpaired) electrons. The molecule has 0 aliphatic carbocycles. The molecular weight excluding hydrogens is 346 g/mol. The second kappa shape index (κ2) is 7.99. The van der Waals surface area contributed by atoms with Crippen LogP contribution in [0.2, 0.25) is 0 Å². The maximum Gasteiger partial charge on any atom is 0.387 e. The Hall–Kier alpha value is -2.90. The number of nitrogens with one attached hydrogen (secondary N) is 2. The molecule has 0 spiro atoms. The number of rotatable bonds is 7. The topological polar surface area (TPSA) is 80.4 Å². The van der Waals surface area contributed by atoms with Crippen molar-refractivity contribution >= 4 is 11.7 Å². The third-order valence-electron chi connectivity index (χ3n) is 3.91. The van der Waals surface area contributed by atoms with Crippen LogP contribution in [0.25, 0.3) is 0 Å². The number of alkyl halides is 2. The number of aryl methyl sites for hydroxylation is 1.